The van der Waals surface area contributed by atoms with Crippen LogP contribution in [0.25, 0.3) is 22.8 Å². The number of benzene rings is 3. The van der Waals surface area contributed by atoms with E-state index < -0.39 is 24.3 Å². The first kappa shape index (κ1) is 40.5. The smallest absolute Gasteiger partial charge is 0.407 e. The Morgan fingerprint density at radius 1 is 0.710 bits per heavy atom. The quantitative estimate of drug-likeness (QED) is 0.146. The first-order chi connectivity index (χ1) is 30.3. The van der Waals surface area contributed by atoms with E-state index in [4.69, 9.17) is 19.5 Å². The highest BCUT2D eigenvalue weighted by molar-refractivity contribution is 7.14. The minimum Gasteiger partial charge on any atom is -0.453 e. The molecule has 4 amide bonds. The lowest BCUT2D eigenvalue weighted by Crippen LogP contribution is -2.47. The van der Waals surface area contributed by atoms with Crippen LogP contribution in [-0.4, -0.2) is 84.6 Å². The summed E-state index contributed by atoms with van der Waals surface area (Å²) in [4.78, 5) is 68.1. The van der Waals surface area contributed by atoms with E-state index in [0.717, 1.165) is 47.4 Å². The fourth-order valence-electron chi connectivity index (χ4n) is 8.93. The summed E-state index contributed by atoms with van der Waals surface area (Å²) in [7, 11) is 2.58. The molecule has 314 valence electrons. The maximum atomic E-state index is 14.0. The Labute approximate surface area is 364 Å². The van der Waals surface area contributed by atoms with Gasteiger partial charge >= 0.3 is 12.2 Å². The predicted octanol–water partition coefficient (Wildman–Crippen LogP) is 8.17. The van der Waals surface area contributed by atoms with Gasteiger partial charge in [0.2, 0.25) is 5.91 Å². The zero-order valence-corrected chi connectivity index (χ0v) is 35.3. The molecule has 4 aromatic rings. The zero-order valence-electron chi connectivity index (χ0n) is 34.5. The molecule has 3 aromatic carbocycles. The first-order valence-electron chi connectivity index (χ1n) is 20.8. The normalized spacial score (nSPS) is 19.8. The third-order valence-corrected chi connectivity index (χ3v) is 13.3. The molecule has 1 fully saturated rings. The van der Waals surface area contributed by atoms with E-state index in [0.29, 0.717) is 37.1 Å². The third-order valence-electron chi connectivity index (χ3n) is 12.1. The maximum absolute atomic E-state index is 14.0. The summed E-state index contributed by atoms with van der Waals surface area (Å²) in [5, 5.41) is 5.46. The Morgan fingerprint density at radius 3 is 1.92 bits per heavy atom. The Hall–Kier alpha value is -6.86. The number of allylic oxidation sites excluding steroid dienone is 3. The number of likely N-dealkylation sites (tertiary alicyclic amines) is 1. The molecule has 0 radical (unpaired) electrons. The van der Waals surface area contributed by atoms with Crippen LogP contribution >= 0.6 is 11.3 Å². The van der Waals surface area contributed by atoms with Gasteiger partial charge in [0.1, 0.15) is 12.1 Å². The second-order valence-electron chi connectivity index (χ2n) is 15.8. The number of aliphatic imine (C=N–C) groups is 2. The minimum atomic E-state index is -0.887. The molecule has 12 nitrogen and oxygen atoms in total. The topological polar surface area (TPSA) is 142 Å². The van der Waals surface area contributed by atoms with Crippen LogP contribution in [0.4, 0.5) is 9.59 Å². The molecule has 1 aliphatic carbocycles. The molecule has 0 bridgehead atoms. The molecule has 13 heteroatoms. The van der Waals surface area contributed by atoms with E-state index in [1.54, 1.807) is 16.2 Å². The van der Waals surface area contributed by atoms with Crippen molar-refractivity contribution in [1.82, 2.24) is 20.4 Å². The van der Waals surface area contributed by atoms with Gasteiger partial charge in [0.05, 0.1) is 26.3 Å². The van der Waals surface area contributed by atoms with Crippen LogP contribution in [0.1, 0.15) is 75.3 Å². The van der Waals surface area contributed by atoms with Crippen LogP contribution in [0, 0.1) is 0 Å². The van der Waals surface area contributed by atoms with Gasteiger partial charge in [0.25, 0.3) is 5.91 Å². The SMILES string of the molecule is COC(=O)NC(C(=O)N1CC=C[C@H]1C1=NC=C(c2ccc(C3=Cc4sc(C5=CN=C([C@@H]6CCCN6C(=O)[C@H](NC(=O)OC)c6ccccc6)C5)cc4C3)cc2)C1)c1ccccc1. The number of carbonyl (C=O) groups is 4. The van der Waals surface area contributed by atoms with E-state index in [2.05, 4.69) is 47.0 Å². The molecule has 9 rings (SSSR count). The van der Waals surface area contributed by atoms with Crippen molar-refractivity contribution in [2.45, 2.75) is 56.3 Å². The molecular formula is C49H46N6O6S. The second-order valence-corrected chi connectivity index (χ2v) is 16.9. The van der Waals surface area contributed by atoms with Crippen molar-refractivity contribution in [1.29, 1.82) is 0 Å². The lowest BCUT2D eigenvalue weighted by Gasteiger charge is -2.29. The Kier molecular flexibility index (Phi) is 11.5. The van der Waals surface area contributed by atoms with Gasteiger partial charge in [-0.3, -0.25) is 19.6 Å². The van der Waals surface area contributed by atoms with Crippen LogP contribution in [0.5, 0.6) is 0 Å². The summed E-state index contributed by atoms with van der Waals surface area (Å²) in [6.45, 7) is 1.02. The van der Waals surface area contributed by atoms with Gasteiger partial charge in [-0.05, 0) is 75.9 Å². The largest absolute Gasteiger partial charge is 0.453 e. The molecule has 1 aromatic heterocycles. The number of ether oxygens (including phenoxy) is 2. The third kappa shape index (κ3) is 8.15. The number of hydrogen-bond donors (Lipinski definition) is 2. The van der Waals surface area contributed by atoms with Crippen molar-refractivity contribution >= 4 is 69.6 Å². The molecule has 5 heterocycles. The molecule has 1 saturated heterocycles. The fraction of sp³-hybridized carbons (Fsp3) is 0.265. The summed E-state index contributed by atoms with van der Waals surface area (Å²) in [5.74, 6) is -0.389. The monoisotopic (exact) mass is 846 g/mol. The van der Waals surface area contributed by atoms with Crippen LogP contribution < -0.4 is 10.6 Å². The number of alkyl carbamates (subject to hydrolysis) is 2. The Morgan fingerprint density at radius 2 is 1.29 bits per heavy atom. The standard InChI is InChI=1S/C49H46N6O6S/c1-60-48(58)52-44(32-11-5-3-6-12-32)46(56)54-21-9-15-40(54)38-24-36(28-50-38)31-19-17-30(18-20-31)34-23-35-27-43(62-42(35)26-34)37-25-39(51-29-37)41-16-10-22-55(41)47(57)45(53-49(59)61-2)33-13-7-4-8-14-33/h3-9,11-15,17-20,26-29,40-41,44-45H,10,16,21-25H2,1-2H3,(H,52,58)(H,53,59)/t40-,41-,44?,45+/m0/s1. The lowest BCUT2D eigenvalue weighted by atomic mass is 9.96. The maximum Gasteiger partial charge on any atom is 0.407 e. The van der Waals surface area contributed by atoms with Crippen molar-refractivity contribution in [3.8, 4) is 0 Å². The number of fused-ring (bicyclic) bond motifs is 1. The Bertz CT molecular complexity index is 2590. The molecule has 4 atom stereocenters. The highest BCUT2D eigenvalue weighted by atomic mass is 32.1. The van der Waals surface area contributed by atoms with E-state index in [1.165, 1.54) is 40.7 Å². The van der Waals surface area contributed by atoms with Gasteiger partial charge in [-0.1, -0.05) is 97.1 Å². The summed E-state index contributed by atoms with van der Waals surface area (Å²) in [6.07, 6.45) is 12.6. The zero-order chi connectivity index (χ0) is 42.7. The van der Waals surface area contributed by atoms with E-state index in [1.807, 2.05) is 90.1 Å². The number of methoxy groups -OCH3 is 2. The summed E-state index contributed by atoms with van der Waals surface area (Å²) in [6, 6.07) is 27.2. The van der Waals surface area contributed by atoms with Gasteiger partial charge in [0, 0.05) is 59.5 Å². The minimum absolute atomic E-state index is 0.130. The van der Waals surface area contributed by atoms with Crippen molar-refractivity contribution in [3.05, 3.63) is 153 Å². The molecule has 0 spiro atoms. The Balaban J connectivity index is 0.811. The average molecular weight is 847 g/mol. The van der Waals surface area contributed by atoms with Gasteiger partial charge < -0.3 is 29.9 Å². The molecular weight excluding hydrogens is 801 g/mol. The molecule has 5 aliphatic rings. The highest BCUT2D eigenvalue weighted by Gasteiger charge is 2.39. The van der Waals surface area contributed by atoms with Crippen LogP contribution in [0.3, 0.4) is 0 Å². The number of rotatable bonds is 11. The molecule has 4 aliphatic heterocycles. The van der Waals surface area contributed by atoms with E-state index >= 15 is 0 Å². The number of thiophene rings is 1. The van der Waals surface area contributed by atoms with Crippen molar-refractivity contribution < 1.29 is 28.7 Å². The predicted molar refractivity (Wildman–Crippen MR) is 241 cm³/mol. The number of nitrogens with one attached hydrogen (secondary N) is 2. The molecule has 2 N–H and O–H groups in total. The van der Waals surface area contributed by atoms with Crippen LogP contribution in [-0.2, 0) is 25.5 Å². The summed E-state index contributed by atoms with van der Waals surface area (Å²) in [5.41, 5.74) is 10.3. The number of nitrogens with zero attached hydrogens (tertiary/aromatic N) is 4. The molecule has 0 saturated carbocycles. The fourth-order valence-corrected chi connectivity index (χ4v) is 10.1. The number of amides is 4. The van der Waals surface area contributed by atoms with E-state index in [-0.39, 0.29) is 23.9 Å². The van der Waals surface area contributed by atoms with Gasteiger partial charge in [-0.25, -0.2) is 9.59 Å². The van der Waals surface area contributed by atoms with Crippen molar-refractivity contribution in [2.24, 2.45) is 9.98 Å². The first-order valence-corrected chi connectivity index (χ1v) is 21.6. The summed E-state index contributed by atoms with van der Waals surface area (Å²) < 4.78 is 9.69. The number of hydrogen-bond acceptors (Lipinski definition) is 9. The van der Waals surface area contributed by atoms with Crippen LogP contribution in [0.15, 0.2) is 126 Å². The van der Waals surface area contributed by atoms with Crippen LogP contribution in [0.2, 0.25) is 0 Å². The average Bonchev–Trinajstić information content (AvgIpc) is 4.17. The van der Waals surface area contributed by atoms with Gasteiger partial charge in [-0.2, -0.15) is 0 Å². The second kappa shape index (κ2) is 17.6. The highest BCUT2D eigenvalue weighted by Crippen LogP contribution is 2.42. The molecule has 62 heavy (non-hydrogen) atoms. The summed E-state index contributed by atoms with van der Waals surface area (Å²) >= 11 is 1.78. The lowest BCUT2D eigenvalue weighted by molar-refractivity contribution is -0.133. The van der Waals surface area contributed by atoms with Crippen molar-refractivity contribution in [3.63, 3.8) is 0 Å². The van der Waals surface area contributed by atoms with E-state index in [9.17, 15) is 19.2 Å². The van der Waals surface area contributed by atoms with Gasteiger partial charge in [-0.15, -0.1) is 11.3 Å². The van der Waals surface area contributed by atoms with Gasteiger partial charge in [0.15, 0.2) is 0 Å². The van der Waals surface area contributed by atoms with Crippen molar-refractivity contribution in [2.75, 3.05) is 27.3 Å². The number of carbonyl (C=O) groups excluding carboxylic acids is 4. The molecule has 1 unspecified atom stereocenters.